The van der Waals surface area contributed by atoms with Gasteiger partial charge in [0.2, 0.25) is 0 Å². The van der Waals surface area contributed by atoms with E-state index in [0.717, 1.165) is 38.5 Å². The van der Waals surface area contributed by atoms with Crippen LogP contribution in [-0.4, -0.2) is 75.5 Å². The molecule has 53 heavy (non-hydrogen) atoms. The molecule has 0 N–H and O–H groups in total. The van der Waals surface area contributed by atoms with Crippen molar-refractivity contribution in [3.05, 3.63) is 0 Å². The van der Waals surface area contributed by atoms with Crippen LogP contribution in [-0.2, 0) is 28.6 Å². The maximum absolute atomic E-state index is 12.7. The van der Waals surface area contributed by atoms with E-state index in [1.807, 2.05) is 0 Å². The first-order valence-electron chi connectivity index (χ1n) is 22.6. The maximum Gasteiger partial charge on any atom is 0.306 e. The Labute approximate surface area is 327 Å². The smallest absolute Gasteiger partial charge is 0.306 e. The number of carbonyl (C=O) groups excluding carboxylic acids is 3. The van der Waals surface area contributed by atoms with Crippen LogP contribution in [0, 0.1) is 0 Å². The van der Waals surface area contributed by atoms with Crippen molar-refractivity contribution in [3.63, 3.8) is 0 Å². The predicted octanol–water partition coefficient (Wildman–Crippen LogP) is 10.8. The van der Waals surface area contributed by atoms with Crippen molar-refractivity contribution >= 4 is 17.9 Å². The fraction of sp³-hybridized carbons (Fsp3) is 0.933. The highest BCUT2D eigenvalue weighted by atomic mass is 16.6. The number of hydrogen-bond donors (Lipinski definition) is 0. The zero-order valence-electron chi connectivity index (χ0n) is 35.7. The zero-order chi connectivity index (χ0) is 39.3. The molecule has 0 aliphatic carbocycles. The molecule has 0 spiro atoms. The topological polar surface area (TPSA) is 102 Å². The van der Waals surface area contributed by atoms with Crippen molar-refractivity contribution in [3.8, 4) is 0 Å². The Morgan fingerprint density at radius 2 is 0.830 bits per heavy atom. The average Bonchev–Trinajstić information content (AvgIpc) is 3.11. The van der Waals surface area contributed by atoms with Gasteiger partial charge in [0, 0.05) is 19.3 Å². The molecule has 0 aliphatic rings. The predicted molar refractivity (Wildman–Crippen MR) is 218 cm³/mol. The van der Waals surface area contributed by atoms with Crippen molar-refractivity contribution in [2.75, 3.05) is 41.0 Å². The Balaban J connectivity index is 4.09. The van der Waals surface area contributed by atoms with E-state index < -0.39 is 18.1 Å². The van der Waals surface area contributed by atoms with E-state index in [1.54, 1.807) is 21.1 Å². The van der Waals surface area contributed by atoms with Gasteiger partial charge in [-0.1, -0.05) is 187 Å². The number of carboxylic acid groups (broad SMARTS) is 1. The number of hydrogen-bond acceptors (Lipinski definition) is 7. The van der Waals surface area contributed by atoms with Gasteiger partial charge in [0.25, 0.3) is 0 Å². The minimum Gasteiger partial charge on any atom is -0.544 e. The summed E-state index contributed by atoms with van der Waals surface area (Å²) in [5, 5.41) is 11.6. The second kappa shape index (κ2) is 37.3. The van der Waals surface area contributed by atoms with Gasteiger partial charge in [-0.15, -0.1) is 0 Å². The van der Waals surface area contributed by atoms with E-state index in [-0.39, 0.29) is 42.7 Å². The lowest BCUT2D eigenvalue weighted by Gasteiger charge is -2.34. The van der Waals surface area contributed by atoms with Crippen molar-refractivity contribution in [2.45, 2.75) is 231 Å². The highest BCUT2D eigenvalue weighted by Gasteiger charge is 2.25. The van der Waals surface area contributed by atoms with Crippen molar-refractivity contribution < 1.29 is 38.2 Å². The van der Waals surface area contributed by atoms with Gasteiger partial charge in [-0.25, -0.2) is 0 Å². The molecule has 0 aromatic carbocycles. The summed E-state index contributed by atoms with van der Waals surface area (Å²) >= 11 is 0. The van der Waals surface area contributed by atoms with Crippen LogP contribution in [0.5, 0.6) is 0 Å². The number of unbranched alkanes of at least 4 members (excludes halogenated alkanes) is 27. The lowest BCUT2D eigenvalue weighted by atomic mass is 10.0. The third kappa shape index (κ3) is 35.8. The summed E-state index contributed by atoms with van der Waals surface area (Å²) in [5.41, 5.74) is 0. The molecule has 0 fully saturated rings. The van der Waals surface area contributed by atoms with Gasteiger partial charge in [-0.05, 0) is 12.8 Å². The van der Waals surface area contributed by atoms with Crippen LogP contribution < -0.4 is 5.11 Å². The van der Waals surface area contributed by atoms with E-state index in [1.165, 1.54) is 148 Å². The molecule has 0 aromatic heterocycles. The first kappa shape index (κ1) is 51.3. The first-order chi connectivity index (χ1) is 25.6. The largest absolute Gasteiger partial charge is 0.544 e. The molecule has 314 valence electrons. The second-order valence-corrected chi connectivity index (χ2v) is 16.7. The van der Waals surface area contributed by atoms with Crippen LogP contribution in [0.1, 0.15) is 219 Å². The zero-order valence-corrected chi connectivity index (χ0v) is 35.7. The standard InChI is InChI=1S/C45H87NO7/c1-6-8-10-12-14-15-16-17-18-19-20-21-22-23-24-25-26-27-28-30-32-34-36-44(48)53-41(39-51-38-37-42(45(49)50)46(3,4)5)40-52-43(47)35-33-31-29-13-11-9-7-2/h41-42H,6-40H2,1-5H3. The van der Waals surface area contributed by atoms with Crippen LogP contribution in [0.3, 0.4) is 0 Å². The highest BCUT2D eigenvalue weighted by molar-refractivity contribution is 5.70. The number of carboxylic acids is 1. The molecule has 8 heteroatoms. The van der Waals surface area contributed by atoms with Gasteiger partial charge in [0.15, 0.2) is 6.10 Å². The lowest BCUT2D eigenvalue weighted by molar-refractivity contribution is -0.889. The molecule has 0 rings (SSSR count). The van der Waals surface area contributed by atoms with Crippen LogP contribution in [0.25, 0.3) is 0 Å². The fourth-order valence-corrected chi connectivity index (χ4v) is 6.95. The summed E-state index contributed by atoms with van der Waals surface area (Å²) < 4.78 is 17.1. The summed E-state index contributed by atoms with van der Waals surface area (Å²) in [6.07, 6.45) is 37.2. The van der Waals surface area contributed by atoms with E-state index in [9.17, 15) is 19.5 Å². The van der Waals surface area contributed by atoms with Crippen LogP contribution in [0.4, 0.5) is 0 Å². The van der Waals surface area contributed by atoms with Gasteiger partial charge < -0.3 is 28.6 Å². The Bertz CT molecular complexity index is 843. The van der Waals surface area contributed by atoms with Crippen molar-refractivity contribution in [1.82, 2.24) is 0 Å². The molecule has 0 heterocycles. The van der Waals surface area contributed by atoms with Crippen molar-refractivity contribution in [2.24, 2.45) is 0 Å². The molecule has 0 saturated heterocycles. The van der Waals surface area contributed by atoms with Crippen LogP contribution in [0.2, 0.25) is 0 Å². The molecule has 0 saturated carbocycles. The number of carbonyl (C=O) groups is 3. The van der Waals surface area contributed by atoms with E-state index >= 15 is 0 Å². The SMILES string of the molecule is CCCCCCCCCCCCCCCCCCCCCCCCC(=O)OC(COCCC(C(=O)[O-])[N+](C)(C)C)COC(=O)CCCCCCCCC. The normalized spacial score (nSPS) is 12.8. The molecule has 8 nitrogen and oxygen atoms in total. The average molecular weight is 754 g/mol. The van der Waals surface area contributed by atoms with E-state index in [2.05, 4.69) is 13.8 Å². The third-order valence-electron chi connectivity index (χ3n) is 10.5. The first-order valence-corrected chi connectivity index (χ1v) is 22.6. The van der Waals surface area contributed by atoms with Crippen molar-refractivity contribution in [1.29, 1.82) is 0 Å². The highest BCUT2D eigenvalue weighted by Crippen LogP contribution is 2.16. The number of quaternary nitrogens is 1. The Morgan fingerprint density at radius 3 is 1.17 bits per heavy atom. The Hall–Kier alpha value is -1.67. The van der Waals surface area contributed by atoms with Crippen LogP contribution in [0.15, 0.2) is 0 Å². The Morgan fingerprint density at radius 1 is 0.491 bits per heavy atom. The molecule has 0 amide bonds. The minimum absolute atomic E-state index is 0.0483. The summed E-state index contributed by atoms with van der Waals surface area (Å²) in [6.45, 7) is 4.65. The van der Waals surface area contributed by atoms with Gasteiger partial charge >= 0.3 is 11.9 Å². The lowest BCUT2D eigenvalue weighted by Crippen LogP contribution is -2.55. The summed E-state index contributed by atoms with van der Waals surface area (Å²) in [6, 6.07) is -0.718. The third-order valence-corrected chi connectivity index (χ3v) is 10.5. The number of esters is 2. The quantitative estimate of drug-likeness (QED) is 0.0348. The van der Waals surface area contributed by atoms with Gasteiger partial charge in [-0.2, -0.15) is 0 Å². The fourth-order valence-electron chi connectivity index (χ4n) is 6.95. The summed E-state index contributed by atoms with van der Waals surface area (Å²) in [7, 11) is 5.41. The van der Waals surface area contributed by atoms with Gasteiger partial charge in [0.1, 0.15) is 12.6 Å². The monoisotopic (exact) mass is 754 g/mol. The van der Waals surface area contributed by atoms with E-state index in [0.29, 0.717) is 12.8 Å². The summed E-state index contributed by atoms with van der Waals surface area (Å²) in [4.78, 5) is 36.6. The van der Waals surface area contributed by atoms with E-state index in [4.69, 9.17) is 14.2 Å². The molecule has 2 atom stereocenters. The second-order valence-electron chi connectivity index (χ2n) is 16.7. The maximum atomic E-state index is 12.7. The number of aliphatic carboxylic acids is 1. The number of nitrogens with zero attached hydrogens (tertiary/aromatic N) is 1. The number of likely N-dealkylation sites (N-methyl/N-ethyl adjacent to an activating group) is 1. The van der Waals surface area contributed by atoms with Gasteiger partial charge in [-0.3, -0.25) is 9.59 Å². The number of rotatable bonds is 41. The molecule has 2 unspecified atom stereocenters. The minimum atomic E-state index is -1.12. The summed E-state index contributed by atoms with van der Waals surface area (Å²) in [5.74, 6) is -1.72. The Kier molecular flexibility index (Phi) is 36.1. The molecule has 0 aliphatic heterocycles. The number of ether oxygens (including phenoxy) is 3. The molecular formula is C45H87NO7. The van der Waals surface area contributed by atoms with Crippen LogP contribution >= 0.6 is 0 Å². The molecule has 0 aromatic rings. The molecule has 0 bridgehead atoms. The van der Waals surface area contributed by atoms with Gasteiger partial charge in [0.05, 0.1) is 40.3 Å². The molecule has 0 radical (unpaired) electrons. The molecular weight excluding hydrogens is 666 g/mol.